The number of halogens is 1. The molecule has 7 nitrogen and oxygen atoms in total. The van der Waals surface area contributed by atoms with Crippen LogP contribution in [-0.4, -0.2) is 55.6 Å². The van der Waals surface area contributed by atoms with Crippen LogP contribution in [0.4, 0.5) is 0 Å². The van der Waals surface area contributed by atoms with Crippen molar-refractivity contribution < 1.29 is 22.8 Å². The van der Waals surface area contributed by atoms with E-state index in [9.17, 15) is 22.8 Å². The summed E-state index contributed by atoms with van der Waals surface area (Å²) < 4.78 is 23.4. The molecule has 136 valence electrons. The highest BCUT2D eigenvalue weighted by Gasteiger charge is 2.35. The van der Waals surface area contributed by atoms with Crippen molar-refractivity contribution in [3.63, 3.8) is 0 Å². The van der Waals surface area contributed by atoms with Crippen LogP contribution in [-0.2, 0) is 14.6 Å². The number of hydrogen-bond acceptors (Lipinski definition) is 5. The molecular weight excluding hydrogens is 412 g/mol. The molecule has 0 aliphatic carbocycles. The van der Waals surface area contributed by atoms with E-state index in [-0.39, 0.29) is 48.7 Å². The van der Waals surface area contributed by atoms with Gasteiger partial charge in [0, 0.05) is 29.7 Å². The zero-order chi connectivity index (χ0) is 18.6. The van der Waals surface area contributed by atoms with E-state index in [0.717, 1.165) is 9.37 Å². The summed E-state index contributed by atoms with van der Waals surface area (Å²) in [5.74, 6) is -1.08. The van der Waals surface area contributed by atoms with Crippen molar-refractivity contribution in [1.29, 1.82) is 0 Å². The van der Waals surface area contributed by atoms with Gasteiger partial charge >= 0.3 is 0 Å². The van der Waals surface area contributed by atoms with Crippen molar-refractivity contribution in [1.82, 2.24) is 10.2 Å². The first-order valence-corrected chi connectivity index (χ1v) is 10.5. The van der Waals surface area contributed by atoms with Crippen molar-refractivity contribution in [3.8, 4) is 0 Å². The fourth-order valence-electron chi connectivity index (χ4n) is 2.44. The van der Waals surface area contributed by atoms with Gasteiger partial charge in [0.05, 0.1) is 16.9 Å². The first-order valence-electron chi connectivity index (χ1n) is 7.88. The lowest BCUT2D eigenvalue weighted by Crippen LogP contribution is -2.33. The molecule has 2 rings (SSSR count). The van der Waals surface area contributed by atoms with Crippen LogP contribution in [0.25, 0.3) is 0 Å². The molecule has 3 amide bonds. The molecule has 0 radical (unpaired) electrons. The standard InChI is InChI=1S/C16H19BrN2O5S/c1-2-25(23,24)9-7-18-14(20)4-3-8-19-15(21)12-6-5-11(17)10-13(12)16(19)22/h5-6,10H,2-4,7-9H2,1H3,(H,18,20). The number of nitrogens with one attached hydrogen (secondary N) is 1. The van der Waals surface area contributed by atoms with Gasteiger partial charge in [0.1, 0.15) is 0 Å². The van der Waals surface area contributed by atoms with E-state index in [1.54, 1.807) is 25.1 Å². The lowest BCUT2D eigenvalue weighted by Gasteiger charge is -2.13. The summed E-state index contributed by atoms with van der Waals surface area (Å²) in [5.41, 5.74) is 0.719. The fraction of sp³-hybridized carbons (Fsp3) is 0.438. The number of nitrogens with zero attached hydrogens (tertiary/aromatic N) is 1. The smallest absolute Gasteiger partial charge is 0.261 e. The number of carbonyl (C=O) groups is 3. The molecule has 1 N–H and O–H groups in total. The molecule has 1 aliphatic rings. The third-order valence-corrected chi connectivity index (χ3v) is 6.09. The van der Waals surface area contributed by atoms with Gasteiger partial charge in [0.15, 0.2) is 9.84 Å². The van der Waals surface area contributed by atoms with Crippen LogP contribution in [0.2, 0.25) is 0 Å². The first-order chi connectivity index (χ1) is 11.7. The number of rotatable bonds is 8. The van der Waals surface area contributed by atoms with E-state index < -0.39 is 9.84 Å². The molecule has 0 saturated carbocycles. The molecule has 1 heterocycles. The van der Waals surface area contributed by atoms with Crippen molar-refractivity contribution >= 4 is 43.5 Å². The Kier molecular flexibility index (Phi) is 6.34. The Hall–Kier alpha value is -1.74. The number of fused-ring (bicyclic) bond motifs is 1. The second kappa shape index (κ2) is 8.09. The fourth-order valence-corrected chi connectivity index (χ4v) is 3.51. The van der Waals surface area contributed by atoms with E-state index in [1.807, 2.05) is 0 Å². The third kappa shape index (κ3) is 4.88. The molecular formula is C16H19BrN2O5S. The van der Waals surface area contributed by atoms with E-state index in [4.69, 9.17) is 0 Å². The maximum Gasteiger partial charge on any atom is 0.261 e. The Morgan fingerprint density at radius 1 is 1.20 bits per heavy atom. The van der Waals surface area contributed by atoms with E-state index in [0.29, 0.717) is 17.5 Å². The summed E-state index contributed by atoms with van der Waals surface area (Å²) in [7, 11) is -3.11. The zero-order valence-corrected chi connectivity index (χ0v) is 16.2. The minimum Gasteiger partial charge on any atom is -0.355 e. The second-order valence-corrected chi connectivity index (χ2v) is 9.03. The molecule has 0 unspecified atom stereocenters. The molecule has 1 aromatic rings. The maximum absolute atomic E-state index is 12.3. The van der Waals surface area contributed by atoms with Crippen LogP contribution in [0.15, 0.2) is 22.7 Å². The van der Waals surface area contributed by atoms with Gasteiger partial charge in [0.25, 0.3) is 11.8 Å². The Balaban J connectivity index is 1.80. The predicted octanol–water partition coefficient (Wildman–Crippen LogP) is 1.38. The molecule has 0 atom stereocenters. The van der Waals surface area contributed by atoms with Crippen LogP contribution < -0.4 is 5.32 Å². The Morgan fingerprint density at radius 3 is 2.56 bits per heavy atom. The van der Waals surface area contributed by atoms with E-state index >= 15 is 0 Å². The third-order valence-electron chi connectivity index (χ3n) is 3.89. The highest BCUT2D eigenvalue weighted by Crippen LogP contribution is 2.26. The van der Waals surface area contributed by atoms with Crippen LogP contribution in [0.1, 0.15) is 40.5 Å². The summed E-state index contributed by atoms with van der Waals surface area (Å²) in [6, 6.07) is 4.91. The number of benzene rings is 1. The Labute approximate surface area is 154 Å². The molecule has 0 fully saturated rings. The Morgan fingerprint density at radius 2 is 1.88 bits per heavy atom. The molecule has 0 aromatic heterocycles. The van der Waals surface area contributed by atoms with Gasteiger partial charge < -0.3 is 5.32 Å². The molecule has 0 bridgehead atoms. The van der Waals surface area contributed by atoms with Crippen molar-refractivity contribution in [3.05, 3.63) is 33.8 Å². The number of carbonyl (C=O) groups excluding carboxylic acids is 3. The molecule has 1 aliphatic heterocycles. The average molecular weight is 431 g/mol. The van der Waals surface area contributed by atoms with Crippen molar-refractivity contribution in [2.75, 3.05) is 24.6 Å². The van der Waals surface area contributed by atoms with Gasteiger partial charge in [-0.2, -0.15) is 0 Å². The van der Waals surface area contributed by atoms with E-state index in [2.05, 4.69) is 21.2 Å². The first kappa shape index (κ1) is 19.6. The highest BCUT2D eigenvalue weighted by atomic mass is 79.9. The zero-order valence-electron chi connectivity index (χ0n) is 13.7. The summed E-state index contributed by atoms with van der Waals surface area (Å²) in [6.45, 7) is 1.76. The SMILES string of the molecule is CCS(=O)(=O)CCNC(=O)CCCN1C(=O)c2ccc(Br)cc2C1=O. The number of sulfone groups is 1. The lowest BCUT2D eigenvalue weighted by atomic mass is 10.1. The average Bonchev–Trinajstić information content (AvgIpc) is 2.79. The topological polar surface area (TPSA) is 101 Å². The van der Waals surface area contributed by atoms with Crippen molar-refractivity contribution in [2.24, 2.45) is 0 Å². The van der Waals surface area contributed by atoms with Crippen LogP contribution in [0, 0.1) is 0 Å². The predicted molar refractivity (Wildman–Crippen MR) is 96.1 cm³/mol. The highest BCUT2D eigenvalue weighted by molar-refractivity contribution is 9.10. The van der Waals surface area contributed by atoms with Crippen LogP contribution in [0.3, 0.4) is 0 Å². The number of amides is 3. The van der Waals surface area contributed by atoms with Gasteiger partial charge in [-0.15, -0.1) is 0 Å². The molecule has 25 heavy (non-hydrogen) atoms. The van der Waals surface area contributed by atoms with Gasteiger partial charge in [0.2, 0.25) is 5.91 Å². The normalized spacial score (nSPS) is 13.9. The number of hydrogen-bond donors (Lipinski definition) is 1. The second-order valence-electron chi connectivity index (χ2n) is 5.64. The molecule has 1 aromatic carbocycles. The van der Waals surface area contributed by atoms with Crippen LogP contribution in [0.5, 0.6) is 0 Å². The molecule has 9 heteroatoms. The quantitative estimate of drug-likeness (QED) is 0.627. The molecule has 0 spiro atoms. The van der Waals surface area contributed by atoms with Gasteiger partial charge in [-0.25, -0.2) is 8.42 Å². The van der Waals surface area contributed by atoms with Gasteiger partial charge in [-0.1, -0.05) is 22.9 Å². The summed E-state index contributed by atoms with van der Waals surface area (Å²) in [6.07, 6.45) is 0.433. The number of imide groups is 1. The monoisotopic (exact) mass is 430 g/mol. The minimum absolute atomic E-state index is 0.0404. The largest absolute Gasteiger partial charge is 0.355 e. The molecule has 0 saturated heterocycles. The Bertz CT molecular complexity index is 807. The minimum atomic E-state index is -3.11. The summed E-state index contributed by atoms with van der Waals surface area (Å²) in [5, 5.41) is 2.53. The van der Waals surface area contributed by atoms with Gasteiger partial charge in [-0.3, -0.25) is 19.3 Å². The van der Waals surface area contributed by atoms with Crippen LogP contribution >= 0.6 is 15.9 Å². The van der Waals surface area contributed by atoms with E-state index in [1.165, 1.54) is 0 Å². The van der Waals surface area contributed by atoms with Gasteiger partial charge in [-0.05, 0) is 24.6 Å². The van der Waals surface area contributed by atoms with Crippen molar-refractivity contribution in [2.45, 2.75) is 19.8 Å². The lowest BCUT2D eigenvalue weighted by molar-refractivity contribution is -0.121. The summed E-state index contributed by atoms with van der Waals surface area (Å²) in [4.78, 5) is 37.3. The maximum atomic E-state index is 12.3. The summed E-state index contributed by atoms with van der Waals surface area (Å²) >= 11 is 3.27.